The van der Waals surface area contributed by atoms with Gasteiger partial charge in [0.1, 0.15) is 5.84 Å². The van der Waals surface area contributed by atoms with Gasteiger partial charge in [0.05, 0.1) is 7.11 Å². The van der Waals surface area contributed by atoms with Crippen LogP contribution in [0.1, 0.15) is 11.1 Å². The molecule has 1 aromatic rings. The Kier molecular flexibility index (Phi) is 5.88. The van der Waals surface area contributed by atoms with Gasteiger partial charge in [0.25, 0.3) is 0 Å². The summed E-state index contributed by atoms with van der Waals surface area (Å²) in [4.78, 5) is 10.8. The Morgan fingerprint density at radius 3 is 2.38 bits per heavy atom. The number of carbonyl (C=O) groups excluding carboxylic acids is 1. The van der Waals surface area contributed by atoms with E-state index in [4.69, 9.17) is 11.1 Å². The summed E-state index contributed by atoms with van der Waals surface area (Å²) in [6, 6.07) is 6.99. The first-order valence-corrected chi connectivity index (χ1v) is 4.34. The lowest BCUT2D eigenvalue weighted by atomic mass is 10.1. The number of carbonyl (C=O) groups is 1. The van der Waals surface area contributed by atoms with Crippen LogP contribution in [-0.4, -0.2) is 18.9 Å². The Morgan fingerprint density at radius 1 is 1.38 bits per heavy atom. The number of nitrogens with two attached hydrogens (primary N) is 1. The molecule has 0 saturated carbocycles. The van der Waals surface area contributed by atoms with Gasteiger partial charge in [0, 0.05) is 11.6 Å². The molecule has 0 aromatic heterocycles. The Bertz CT molecular complexity index is 399. The summed E-state index contributed by atoms with van der Waals surface area (Å²) in [5.41, 5.74) is 6.81. The third-order valence-corrected chi connectivity index (χ3v) is 1.83. The van der Waals surface area contributed by atoms with E-state index in [-0.39, 0.29) is 18.2 Å². The highest BCUT2D eigenvalue weighted by atomic mass is 35.5. The molecule has 1 rings (SSSR count). The molecule has 0 amide bonds. The summed E-state index contributed by atoms with van der Waals surface area (Å²) in [7, 11) is 1.32. The maximum Gasteiger partial charge on any atom is 0.330 e. The van der Waals surface area contributed by atoms with Gasteiger partial charge in [-0.25, -0.2) is 4.79 Å². The number of halogens is 1. The van der Waals surface area contributed by atoms with Crippen molar-refractivity contribution in [3.05, 3.63) is 41.5 Å². The standard InChI is InChI=1S/C11H12N2O2.ClH/c1-15-10(14)7-4-8-2-5-9(6-3-8)11(12)13;/h2-7H,1H3,(H3,12,13);1H/b7-4+;. The van der Waals surface area contributed by atoms with E-state index >= 15 is 0 Å². The molecule has 86 valence electrons. The average Bonchev–Trinajstić information content (AvgIpc) is 2.26. The molecule has 0 aliphatic heterocycles. The van der Waals surface area contributed by atoms with Crippen LogP contribution < -0.4 is 5.73 Å². The van der Waals surface area contributed by atoms with Gasteiger partial charge in [0.2, 0.25) is 0 Å². The summed E-state index contributed by atoms with van der Waals surface area (Å²) < 4.78 is 4.45. The molecular formula is C11H13ClN2O2. The third kappa shape index (κ3) is 4.14. The van der Waals surface area contributed by atoms with E-state index in [1.54, 1.807) is 30.3 Å². The Morgan fingerprint density at radius 2 is 1.94 bits per heavy atom. The highest BCUT2D eigenvalue weighted by Gasteiger charge is 1.95. The lowest BCUT2D eigenvalue weighted by molar-refractivity contribution is -0.134. The molecule has 1 aromatic carbocycles. The first-order valence-electron chi connectivity index (χ1n) is 4.34. The second-order valence-electron chi connectivity index (χ2n) is 2.89. The molecule has 5 heteroatoms. The van der Waals surface area contributed by atoms with Crippen LogP contribution in [-0.2, 0) is 9.53 Å². The summed E-state index contributed by atoms with van der Waals surface area (Å²) in [5, 5.41) is 7.19. The van der Waals surface area contributed by atoms with E-state index in [0.29, 0.717) is 5.56 Å². The lowest BCUT2D eigenvalue weighted by Gasteiger charge is -1.98. The van der Waals surface area contributed by atoms with Gasteiger partial charge in [-0.1, -0.05) is 24.3 Å². The van der Waals surface area contributed by atoms with E-state index < -0.39 is 5.97 Å². The molecule has 0 atom stereocenters. The fourth-order valence-electron chi connectivity index (χ4n) is 1.01. The van der Waals surface area contributed by atoms with Crippen molar-refractivity contribution < 1.29 is 9.53 Å². The molecule has 0 unspecified atom stereocenters. The summed E-state index contributed by atoms with van der Waals surface area (Å²) >= 11 is 0. The first-order chi connectivity index (χ1) is 7.13. The van der Waals surface area contributed by atoms with E-state index in [9.17, 15) is 4.79 Å². The molecule has 0 heterocycles. The number of nitrogen functional groups attached to an aromatic ring is 1. The predicted octanol–water partition coefficient (Wildman–Crippen LogP) is 1.58. The largest absolute Gasteiger partial charge is 0.466 e. The number of rotatable bonds is 3. The summed E-state index contributed by atoms with van der Waals surface area (Å²) in [6.45, 7) is 0. The van der Waals surface area contributed by atoms with Crippen molar-refractivity contribution in [2.24, 2.45) is 5.73 Å². The van der Waals surface area contributed by atoms with Crippen LogP contribution >= 0.6 is 12.4 Å². The normalized spacial score (nSPS) is 9.56. The summed E-state index contributed by atoms with van der Waals surface area (Å²) in [6.07, 6.45) is 2.97. The van der Waals surface area contributed by atoms with Crippen molar-refractivity contribution in [2.45, 2.75) is 0 Å². The molecule has 0 bridgehead atoms. The number of ether oxygens (including phenoxy) is 1. The van der Waals surface area contributed by atoms with Crippen LogP contribution in [0.25, 0.3) is 6.08 Å². The lowest BCUT2D eigenvalue weighted by Crippen LogP contribution is -2.10. The Balaban J connectivity index is 0.00000225. The van der Waals surface area contributed by atoms with Crippen molar-refractivity contribution in [1.29, 1.82) is 5.41 Å². The van der Waals surface area contributed by atoms with Crippen molar-refractivity contribution >= 4 is 30.3 Å². The first kappa shape index (κ1) is 14.2. The number of benzene rings is 1. The van der Waals surface area contributed by atoms with Gasteiger partial charge >= 0.3 is 5.97 Å². The van der Waals surface area contributed by atoms with Crippen LogP contribution in [0, 0.1) is 5.41 Å². The summed E-state index contributed by atoms with van der Waals surface area (Å²) in [5.74, 6) is -0.371. The van der Waals surface area contributed by atoms with Crippen molar-refractivity contribution in [3.63, 3.8) is 0 Å². The number of esters is 1. The quantitative estimate of drug-likeness (QED) is 0.365. The molecule has 0 aliphatic carbocycles. The van der Waals surface area contributed by atoms with Gasteiger partial charge in [0.15, 0.2) is 0 Å². The minimum Gasteiger partial charge on any atom is -0.466 e. The topological polar surface area (TPSA) is 76.2 Å². The number of nitrogens with one attached hydrogen (secondary N) is 1. The fraction of sp³-hybridized carbons (Fsp3) is 0.0909. The molecule has 0 fully saturated rings. The van der Waals surface area contributed by atoms with Gasteiger partial charge in [-0.2, -0.15) is 0 Å². The van der Waals surface area contributed by atoms with Crippen LogP contribution in [0.3, 0.4) is 0 Å². The average molecular weight is 241 g/mol. The monoisotopic (exact) mass is 240 g/mol. The number of hydrogen-bond donors (Lipinski definition) is 2. The molecule has 16 heavy (non-hydrogen) atoms. The maximum absolute atomic E-state index is 10.8. The predicted molar refractivity (Wildman–Crippen MR) is 65.8 cm³/mol. The highest BCUT2D eigenvalue weighted by molar-refractivity contribution is 5.95. The fourth-order valence-corrected chi connectivity index (χ4v) is 1.01. The third-order valence-electron chi connectivity index (χ3n) is 1.83. The zero-order valence-electron chi connectivity index (χ0n) is 8.77. The van der Waals surface area contributed by atoms with E-state index in [0.717, 1.165) is 5.56 Å². The molecule has 4 nitrogen and oxygen atoms in total. The minimum absolute atomic E-state index is 0. The maximum atomic E-state index is 10.8. The number of methoxy groups -OCH3 is 1. The molecule has 0 aliphatic rings. The van der Waals surface area contributed by atoms with E-state index in [1.807, 2.05) is 0 Å². The molecular weight excluding hydrogens is 228 g/mol. The number of amidine groups is 1. The second-order valence-corrected chi connectivity index (χ2v) is 2.89. The van der Waals surface area contributed by atoms with Gasteiger partial charge in [-0.05, 0) is 11.6 Å². The second kappa shape index (κ2) is 6.63. The van der Waals surface area contributed by atoms with Crippen LogP contribution in [0.15, 0.2) is 30.3 Å². The van der Waals surface area contributed by atoms with Crippen molar-refractivity contribution in [3.8, 4) is 0 Å². The Labute approximate surface area is 100 Å². The molecule has 0 radical (unpaired) electrons. The minimum atomic E-state index is -0.398. The zero-order valence-corrected chi connectivity index (χ0v) is 9.58. The van der Waals surface area contributed by atoms with Crippen LogP contribution in [0.4, 0.5) is 0 Å². The van der Waals surface area contributed by atoms with E-state index in [2.05, 4.69) is 4.74 Å². The van der Waals surface area contributed by atoms with Crippen molar-refractivity contribution in [2.75, 3.05) is 7.11 Å². The molecule has 3 N–H and O–H groups in total. The smallest absolute Gasteiger partial charge is 0.330 e. The van der Waals surface area contributed by atoms with Crippen LogP contribution in [0.5, 0.6) is 0 Å². The zero-order chi connectivity index (χ0) is 11.3. The van der Waals surface area contributed by atoms with Gasteiger partial charge < -0.3 is 10.5 Å². The highest BCUT2D eigenvalue weighted by Crippen LogP contribution is 2.05. The SMILES string of the molecule is COC(=O)/C=C/c1ccc(C(=N)N)cc1.Cl. The van der Waals surface area contributed by atoms with Crippen LogP contribution in [0.2, 0.25) is 0 Å². The molecule has 0 spiro atoms. The van der Waals surface area contributed by atoms with Gasteiger partial charge in [-0.3, -0.25) is 5.41 Å². The van der Waals surface area contributed by atoms with Gasteiger partial charge in [-0.15, -0.1) is 12.4 Å². The Hall–Kier alpha value is -1.81. The number of hydrogen-bond acceptors (Lipinski definition) is 3. The molecule has 0 saturated heterocycles. The van der Waals surface area contributed by atoms with Crippen molar-refractivity contribution in [1.82, 2.24) is 0 Å². The van der Waals surface area contributed by atoms with E-state index in [1.165, 1.54) is 13.2 Å².